The van der Waals surface area contributed by atoms with Crippen molar-refractivity contribution in [1.82, 2.24) is 0 Å². The molecular formula is C10H11NO. The zero-order chi connectivity index (χ0) is 8.65. The number of nitrogens with zero attached hydrogens (tertiary/aromatic N) is 1. The summed E-state index contributed by atoms with van der Waals surface area (Å²) >= 11 is 0. The number of hydrogen-bond donors (Lipinski definition) is 0. The molecular weight excluding hydrogens is 150 g/mol. The molecule has 0 bridgehead atoms. The van der Waals surface area contributed by atoms with Gasteiger partial charge in [0.25, 0.3) is 0 Å². The summed E-state index contributed by atoms with van der Waals surface area (Å²) in [6.45, 7) is 7.73. The molecule has 0 fully saturated rings. The second-order valence-corrected chi connectivity index (χ2v) is 2.40. The Kier molecular flexibility index (Phi) is 3.73. The maximum Gasteiger partial charge on any atom is 0.217 e. The molecule has 0 heterocycles. The lowest BCUT2D eigenvalue weighted by Crippen LogP contribution is -1.97. The number of para-hydroxylation sites is 1. The van der Waals surface area contributed by atoms with Gasteiger partial charge in [0.15, 0.2) is 0 Å². The first-order valence-corrected chi connectivity index (χ1v) is 3.94. The van der Waals surface area contributed by atoms with Crippen LogP contribution in [-0.2, 0) is 0 Å². The Labute approximate surface area is 72.6 Å². The van der Waals surface area contributed by atoms with E-state index >= 15 is 0 Å². The van der Waals surface area contributed by atoms with Crippen LogP contribution < -0.4 is 4.74 Å². The maximum atomic E-state index is 6.56. The Bertz CT molecular complexity index is 250. The molecule has 0 radical (unpaired) electrons. The molecule has 0 aliphatic heterocycles. The highest BCUT2D eigenvalue weighted by Gasteiger charge is 1.91. The van der Waals surface area contributed by atoms with Gasteiger partial charge in [-0.1, -0.05) is 18.2 Å². The van der Waals surface area contributed by atoms with Crippen molar-refractivity contribution in [1.29, 1.82) is 0 Å². The summed E-state index contributed by atoms with van der Waals surface area (Å²) in [5.74, 6) is 0.877. The first-order valence-electron chi connectivity index (χ1n) is 3.94. The fraction of sp³-hybridized carbons (Fsp3) is 0.300. The van der Waals surface area contributed by atoms with Crippen molar-refractivity contribution in [2.45, 2.75) is 6.42 Å². The average molecular weight is 161 g/mol. The third-order valence-corrected chi connectivity index (χ3v) is 1.43. The van der Waals surface area contributed by atoms with Crippen LogP contribution in [0.4, 0.5) is 0 Å². The fourth-order valence-corrected chi connectivity index (χ4v) is 0.850. The van der Waals surface area contributed by atoms with E-state index in [1.807, 2.05) is 30.3 Å². The molecule has 0 N–H and O–H groups in total. The van der Waals surface area contributed by atoms with Gasteiger partial charge in [0.2, 0.25) is 6.54 Å². The molecule has 0 saturated heterocycles. The second kappa shape index (κ2) is 5.20. The van der Waals surface area contributed by atoms with Gasteiger partial charge in [-0.15, -0.1) is 0 Å². The molecule has 62 valence electrons. The summed E-state index contributed by atoms with van der Waals surface area (Å²) < 4.78 is 5.36. The topological polar surface area (TPSA) is 13.6 Å². The van der Waals surface area contributed by atoms with Gasteiger partial charge in [-0.3, -0.25) is 0 Å². The van der Waals surface area contributed by atoms with Crippen molar-refractivity contribution in [3.63, 3.8) is 0 Å². The third kappa shape index (κ3) is 3.07. The molecule has 1 aromatic rings. The van der Waals surface area contributed by atoms with Crippen molar-refractivity contribution >= 4 is 0 Å². The minimum atomic E-state index is 0.548. The molecule has 0 aromatic heterocycles. The molecule has 1 aromatic carbocycles. The van der Waals surface area contributed by atoms with Crippen molar-refractivity contribution in [2.24, 2.45) is 0 Å². The zero-order valence-electron chi connectivity index (χ0n) is 6.86. The van der Waals surface area contributed by atoms with Gasteiger partial charge >= 0.3 is 0 Å². The molecule has 0 amide bonds. The largest absolute Gasteiger partial charge is 0.493 e. The van der Waals surface area contributed by atoms with Crippen LogP contribution in [0.1, 0.15) is 6.42 Å². The van der Waals surface area contributed by atoms with Crippen molar-refractivity contribution < 1.29 is 4.74 Å². The van der Waals surface area contributed by atoms with Crippen LogP contribution in [0.15, 0.2) is 30.3 Å². The van der Waals surface area contributed by atoms with Gasteiger partial charge in [0, 0.05) is 0 Å². The third-order valence-electron chi connectivity index (χ3n) is 1.43. The van der Waals surface area contributed by atoms with E-state index in [1.165, 1.54) is 0 Å². The summed E-state index contributed by atoms with van der Waals surface area (Å²) in [7, 11) is 0. The van der Waals surface area contributed by atoms with Crippen LogP contribution in [0.5, 0.6) is 5.75 Å². The molecule has 0 aliphatic carbocycles. The number of hydrogen-bond acceptors (Lipinski definition) is 1. The predicted octanol–water partition coefficient (Wildman–Crippen LogP) is 2.37. The van der Waals surface area contributed by atoms with E-state index in [1.54, 1.807) is 0 Å². The van der Waals surface area contributed by atoms with Crippen LogP contribution >= 0.6 is 0 Å². The minimum absolute atomic E-state index is 0.548. The molecule has 1 rings (SSSR count). The first-order chi connectivity index (χ1) is 5.93. The molecule has 12 heavy (non-hydrogen) atoms. The lowest BCUT2D eigenvalue weighted by Gasteiger charge is -2.01. The van der Waals surface area contributed by atoms with Crippen LogP contribution in [0.2, 0.25) is 0 Å². The van der Waals surface area contributed by atoms with Gasteiger partial charge in [-0.05, 0) is 12.1 Å². The Morgan fingerprint density at radius 2 is 2.00 bits per heavy atom. The van der Waals surface area contributed by atoms with E-state index in [9.17, 15) is 0 Å². The Morgan fingerprint density at radius 3 is 2.67 bits per heavy atom. The monoisotopic (exact) mass is 161 g/mol. The predicted molar refractivity (Wildman–Crippen MR) is 48.0 cm³/mol. The van der Waals surface area contributed by atoms with E-state index in [-0.39, 0.29) is 0 Å². The highest BCUT2D eigenvalue weighted by atomic mass is 16.5. The Hall–Kier alpha value is -1.49. The fourth-order valence-electron chi connectivity index (χ4n) is 0.850. The van der Waals surface area contributed by atoms with E-state index < -0.39 is 0 Å². The van der Waals surface area contributed by atoms with Crippen LogP contribution in [0.25, 0.3) is 4.85 Å². The van der Waals surface area contributed by atoms with E-state index in [0.29, 0.717) is 13.2 Å². The lowest BCUT2D eigenvalue weighted by atomic mass is 10.3. The van der Waals surface area contributed by atoms with Gasteiger partial charge in [0.05, 0.1) is 13.0 Å². The summed E-state index contributed by atoms with van der Waals surface area (Å²) in [4.78, 5) is 3.24. The summed E-state index contributed by atoms with van der Waals surface area (Å²) in [6.07, 6.45) is 0.804. The van der Waals surface area contributed by atoms with E-state index in [0.717, 1.165) is 12.2 Å². The van der Waals surface area contributed by atoms with Crippen LogP contribution in [0.3, 0.4) is 0 Å². The molecule has 0 unspecified atom stereocenters. The molecule has 0 atom stereocenters. The maximum absolute atomic E-state index is 6.56. The number of benzene rings is 1. The van der Waals surface area contributed by atoms with Gasteiger partial charge in [0.1, 0.15) is 5.75 Å². The van der Waals surface area contributed by atoms with Crippen LogP contribution in [-0.4, -0.2) is 13.2 Å². The SMILES string of the molecule is [C-]#[N+]CCCOc1ccccc1. The van der Waals surface area contributed by atoms with Gasteiger partial charge in [-0.2, -0.15) is 0 Å². The van der Waals surface area contributed by atoms with Crippen molar-refractivity contribution in [3.05, 3.63) is 41.7 Å². The van der Waals surface area contributed by atoms with Crippen molar-refractivity contribution in [2.75, 3.05) is 13.2 Å². The lowest BCUT2D eigenvalue weighted by molar-refractivity contribution is 0.316. The van der Waals surface area contributed by atoms with Gasteiger partial charge < -0.3 is 9.58 Å². The first kappa shape index (κ1) is 8.61. The average Bonchev–Trinajstić information content (AvgIpc) is 2.14. The number of rotatable bonds is 4. The smallest absolute Gasteiger partial charge is 0.217 e. The van der Waals surface area contributed by atoms with E-state index in [2.05, 4.69) is 4.85 Å². The number of ether oxygens (including phenoxy) is 1. The molecule has 0 spiro atoms. The minimum Gasteiger partial charge on any atom is -0.493 e. The highest BCUT2D eigenvalue weighted by molar-refractivity contribution is 5.20. The molecule has 2 nitrogen and oxygen atoms in total. The second-order valence-electron chi connectivity index (χ2n) is 2.40. The molecule has 0 aliphatic rings. The highest BCUT2D eigenvalue weighted by Crippen LogP contribution is 2.07. The Balaban J connectivity index is 2.21. The quantitative estimate of drug-likeness (QED) is 0.488. The standard InChI is InChI=1S/C10H11NO/c1-11-8-5-9-12-10-6-3-2-4-7-10/h2-4,6-7H,5,8-9H2. The summed E-state index contributed by atoms with van der Waals surface area (Å²) in [5.41, 5.74) is 0. The molecule has 2 heteroatoms. The normalized spacial score (nSPS) is 8.92. The van der Waals surface area contributed by atoms with Gasteiger partial charge in [-0.25, -0.2) is 6.57 Å². The van der Waals surface area contributed by atoms with E-state index in [4.69, 9.17) is 11.3 Å². The summed E-state index contributed by atoms with van der Waals surface area (Å²) in [6, 6.07) is 9.65. The van der Waals surface area contributed by atoms with Crippen LogP contribution in [0, 0.1) is 6.57 Å². The Morgan fingerprint density at radius 1 is 1.25 bits per heavy atom. The van der Waals surface area contributed by atoms with Crippen molar-refractivity contribution in [3.8, 4) is 5.75 Å². The molecule has 0 saturated carbocycles. The zero-order valence-corrected chi connectivity index (χ0v) is 6.86. The summed E-state index contributed by atoms with van der Waals surface area (Å²) in [5, 5.41) is 0.